The molecule has 0 saturated heterocycles. The lowest BCUT2D eigenvalue weighted by atomic mass is 10.1. The molecule has 0 aliphatic carbocycles. The zero-order valence-electron chi connectivity index (χ0n) is 10.5. The van der Waals surface area contributed by atoms with Gasteiger partial charge in [-0.3, -0.25) is 4.79 Å². The molecule has 0 spiro atoms. The maximum absolute atomic E-state index is 12.1. The lowest BCUT2D eigenvalue weighted by Gasteiger charge is -1.98. The van der Waals surface area contributed by atoms with Gasteiger partial charge in [0.25, 0.3) is 0 Å². The number of ketones is 1. The highest BCUT2D eigenvalue weighted by Gasteiger charge is 2.15. The van der Waals surface area contributed by atoms with Crippen LogP contribution in [0.25, 0.3) is 10.9 Å². The molecule has 0 amide bonds. The van der Waals surface area contributed by atoms with Gasteiger partial charge in [-0.25, -0.2) is 0 Å². The number of halogens is 1. The number of nitrogens with one attached hydrogen (secondary N) is 1. The van der Waals surface area contributed by atoms with Gasteiger partial charge in [-0.2, -0.15) is 0 Å². The highest BCUT2D eigenvalue weighted by molar-refractivity contribution is 9.10. The zero-order chi connectivity index (χ0) is 13.1. The highest BCUT2D eigenvalue weighted by Crippen LogP contribution is 2.31. The lowest BCUT2D eigenvalue weighted by Crippen LogP contribution is -1.99. The maximum Gasteiger partial charge on any atom is 0.180 e. The van der Waals surface area contributed by atoms with E-state index in [2.05, 4.69) is 27.8 Å². The zero-order valence-corrected chi connectivity index (χ0v) is 12.1. The third-order valence-electron chi connectivity index (χ3n) is 2.98. The van der Waals surface area contributed by atoms with E-state index in [9.17, 15) is 4.79 Å². The number of ether oxygens (including phenoxy) is 1. The predicted octanol–water partition coefficient (Wildman–Crippen LogP) is 4.31. The highest BCUT2D eigenvalue weighted by atomic mass is 79.9. The average Bonchev–Trinajstić information content (AvgIpc) is 2.73. The molecule has 0 atom stereocenters. The Kier molecular flexibility index (Phi) is 4.07. The van der Waals surface area contributed by atoms with Gasteiger partial charge in [0.2, 0.25) is 0 Å². The molecule has 96 valence electrons. The number of aromatic amines is 1. The van der Waals surface area contributed by atoms with Crippen molar-refractivity contribution in [1.82, 2.24) is 4.98 Å². The van der Waals surface area contributed by atoms with Crippen molar-refractivity contribution in [3.8, 4) is 5.75 Å². The van der Waals surface area contributed by atoms with Crippen LogP contribution in [-0.4, -0.2) is 17.9 Å². The topological polar surface area (TPSA) is 42.1 Å². The molecule has 2 rings (SSSR count). The molecular formula is C14H16BrNO2. The van der Waals surface area contributed by atoms with E-state index in [1.165, 1.54) is 0 Å². The van der Waals surface area contributed by atoms with Gasteiger partial charge in [0.1, 0.15) is 5.75 Å². The van der Waals surface area contributed by atoms with Gasteiger partial charge in [0.15, 0.2) is 5.78 Å². The largest absolute Gasteiger partial charge is 0.497 e. The van der Waals surface area contributed by atoms with Crippen molar-refractivity contribution in [2.75, 3.05) is 7.11 Å². The number of carbonyl (C=O) groups excluding carboxylic acids is 1. The van der Waals surface area contributed by atoms with Crippen LogP contribution in [0.5, 0.6) is 5.75 Å². The van der Waals surface area contributed by atoms with Crippen molar-refractivity contribution < 1.29 is 9.53 Å². The van der Waals surface area contributed by atoms with Crippen LogP contribution >= 0.6 is 15.9 Å². The Morgan fingerprint density at radius 2 is 2.22 bits per heavy atom. The Bertz CT molecular complexity index is 574. The van der Waals surface area contributed by atoms with E-state index < -0.39 is 0 Å². The summed E-state index contributed by atoms with van der Waals surface area (Å²) in [5.41, 5.74) is 1.61. The van der Waals surface area contributed by atoms with Gasteiger partial charge in [0.05, 0.1) is 17.3 Å². The summed E-state index contributed by atoms with van der Waals surface area (Å²) in [6.07, 6.45) is 2.53. The Morgan fingerprint density at radius 3 is 2.89 bits per heavy atom. The number of hydrogen-bond donors (Lipinski definition) is 1. The second kappa shape index (κ2) is 5.57. The van der Waals surface area contributed by atoms with E-state index in [1.54, 1.807) is 7.11 Å². The maximum atomic E-state index is 12.1. The van der Waals surface area contributed by atoms with Gasteiger partial charge in [0, 0.05) is 17.3 Å². The molecule has 0 unspecified atom stereocenters. The summed E-state index contributed by atoms with van der Waals surface area (Å²) in [6.45, 7) is 2.08. The van der Waals surface area contributed by atoms with Crippen LogP contribution < -0.4 is 4.74 Å². The van der Waals surface area contributed by atoms with Crippen LogP contribution in [0.15, 0.2) is 22.7 Å². The molecule has 18 heavy (non-hydrogen) atoms. The number of methoxy groups -OCH3 is 1. The summed E-state index contributed by atoms with van der Waals surface area (Å²) in [6, 6.07) is 5.73. The number of H-pyrrole nitrogens is 1. The Labute approximate surface area is 115 Å². The molecule has 2 aromatic rings. The number of benzene rings is 1. The van der Waals surface area contributed by atoms with E-state index in [0.717, 1.165) is 34.0 Å². The second-order valence-electron chi connectivity index (χ2n) is 4.25. The van der Waals surface area contributed by atoms with Crippen molar-refractivity contribution in [3.05, 3.63) is 28.4 Å². The normalized spacial score (nSPS) is 10.8. The van der Waals surface area contributed by atoms with E-state index in [-0.39, 0.29) is 5.78 Å². The monoisotopic (exact) mass is 309 g/mol. The van der Waals surface area contributed by atoms with Crippen LogP contribution in [0.3, 0.4) is 0 Å². The number of fused-ring (bicyclic) bond motifs is 1. The first-order chi connectivity index (χ1) is 8.67. The molecule has 0 saturated carbocycles. The van der Waals surface area contributed by atoms with Crippen LogP contribution in [0.4, 0.5) is 0 Å². The average molecular weight is 310 g/mol. The number of aromatic nitrogens is 1. The van der Waals surface area contributed by atoms with E-state index in [0.29, 0.717) is 12.1 Å². The van der Waals surface area contributed by atoms with Crippen LogP contribution in [0, 0.1) is 0 Å². The second-order valence-corrected chi connectivity index (χ2v) is 5.05. The van der Waals surface area contributed by atoms with Crippen molar-refractivity contribution >= 4 is 32.6 Å². The minimum Gasteiger partial charge on any atom is -0.497 e. The molecule has 1 aromatic heterocycles. The van der Waals surface area contributed by atoms with E-state index >= 15 is 0 Å². The van der Waals surface area contributed by atoms with E-state index in [1.807, 2.05) is 18.2 Å². The Balaban J connectivity index is 2.41. The minimum absolute atomic E-state index is 0.152. The fraction of sp³-hybridized carbons (Fsp3) is 0.357. The first-order valence-electron chi connectivity index (χ1n) is 6.05. The number of Topliss-reactive ketones (excluding diaryl/α,β-unsaturated/α-hetero) is 1. The van der Waals surface area contributed by atoms with Gasteiger partial charge in [-0.05, 0) is 40.5 Å². The van der Waals surface area contributed by atoms with Crippen molar-refractivity contribution in [3.63, 3.8) is 0 Å². The molecule has 0 aliphatic heterocycles. The van der Waals surface area contributed by atoms with Crippen molar-refractivity contribution in [2.24, 2.45) is 0 Å². The summed E-state index contributed by atoms with van der Waals surface area (Å²) in [7, 11) is 1.63. The smallest absolute Gasteiger partial charge is 0.180 e. The molecule has 0 radical (unpaired) electrons. The van der Waals surface area contributed by atoms with Crippen LogP contribution in [0.2, 0.25) is 0 Å². The van der Waals surface area contributed by atoms with Crippen molar-refractivity contribution in [2.45, 2.75) is 26.2 Å². The third-order valence-corrected chi connectivity index (χ3v) is 3.80. The number of hydrogen-bond acceptors (Lipinski definition) is 2. The van der Waals surface area contributed by atoms with E-state index in [4.69, 9.17) is 4.74 Å². The first kappa shape index (κ1) is 13.1. The van der Waals surface area contributed by atoms with Gasteiger partial charge in [-0.15, -0.1) is 0 Å². The molecule has 0 aliphatic rings. The standard InChI is InChI=1S/C14H16BrNO2/c1-3-4-5-12(17)14-13(15)10-8-9(18-2)6-7-11(10)16-14/h6-8,16H,3-5H2,1-2H3. The van der Waals surface area contributed by atoms with Gasteiger partial charge >= 0.3 is 0 Å². The van der Waals surface area contributed by atoms with Gasteiger partial charge < -0.3 is 9.72 Å². The lowest BCUT2D eigenvalue weighted by molar-refractivity contribution is 0.0975. The summed E-state index contributed by atoms with van der Waals surface area (Å²) >= 11 is 3.50. The molecule has 3 nitrogen and oxygen atoms in total. The predicted molar refractivity (Wildman–Crippen MR) is 76.4 cm³/mol. The number of rotatable bonds is 5. The summed E-state index contributed by atoms with van der Waals surface area (Å²) in [4.78, 5) is 15.2. The molecule has 1 heterocycles. The minimum atomic E-state index is 0.152. The summed E-state index contributed by atoms with van der Waals surface area (Å²) in [5.74, 6) is 0.939. The summed E-state index contributed by atoms with van der Waals surface area (Å²) < 4.78 is 6.02. The molecule has 1 N–H and O–H groups in total. The molecular weight excluding hydrogens is 294 g/mol. The molecule has 1 aromatic carbocycles. The fourth-order valence-electron chi connectivity index (χ4n) is 1.92. The first-order valence-corrected chi connectivity index (χ1v) is 6.85. The van der Waals surface area contributed by atoms with Gasteiger partial charge in [-0.1, -0.05) is 13.3 Å². The summed E-state index contributed by atoms with van der Waals surface area (Å²) in [5, 5.41) is 0.981. The third kappa shape index (κ3) is 2.43. The van der Waals surface area contributed by atoms with Crippen LogP contribution in [0.1, 0.15) is 36.7 Å². The fourth-order valence-corrected chi connectivity index (χ4v) is 2.57. The SMILES string of the molecule is CCCCC(=O)c1[nH]c2ccc(OC)cc2c1Br. The molecule has 0 bridgehead atoms. The molecule has 4 heteroatoms. The Morgan fingerprint density at radius 1 is 1.44 bits per heavy atom. The molecule has 0 fully saturated rings. The Hall–Kier alpha value is -1.29. The quantitative estimate of drug-likeness (QED) is 0.836. The number of unbranched alkanes of at least 4 members (excludes halogenated alkanes) is 1. The van der Waals surface area contributed by atoms with Crippen molar-refractivity contribution in [1.29, 1.82) is 0 Å². The number of carbonyl (C=O) groups is 1. The van der Waals surface area contributed by atoms with Crippen LogP contribution in [-0.2, 0) is 0 Å².